The molecule has 136 valence electrons. The molecule has 0 amide bonds. The van der Waals surface area contributed by atoms with Crippen LogP contribution in [0.1, 0.15) is 23.7 Å². The van der Waals surface area contributed by atoms with Crippen molar-refractivity contribution in [1.29, 1.82) is 0 Å². The highest BCUT2D eigenvalue weighted by atomic mass is 35.5. The molecule has 0 aliphatic carbocycles. The normalized spacial score (nSPS) is 17.5. The lowest BCUT2D eigenvalue weighted by atomic mass is 10.2. The predicted octanol–water partition coefficient (Wildman–Crippen LogP) is 4.33. The van der Waals surface area contributed by atoms with Crippen molar-refractivity contribution in [2.75, 3.05) is 26.2 Å². The Morgan fingerprint density at radius 3 is 2.54 bits per heavy atom. The molecular weight excluding hydrogens is 368 g/mol. The lowest BCUT2D eigenvalue weighted by molar-refractivity contribution is 0.0881. The van der Waals surface area contributed by atoms with Crippen LogP contribution in [0.5, 0.6) is 0 Å². The van der Waals surface area contributed by atoms with Gasteiger partial charge in [-0.15, -0.1) is 21.5 Å². The maximum atomic E-state index is 6.03. The first-order valence-corrected chi connectivity index (χ1v) is 9.98. The van der Waals surface area contributed by atoms with Crippen LogP contribution in [-0.2, 0) is 6.54 Å². The predicted molar refractivity (Wildman–Crippen MR) is 104 cm³/mol. The third kappa shape index (κ3) is 3.99. The third-order valence-corrected chi connectivity index (χ3v) is 6.00. The molecule has 7 heteroatoms. The molecule has 0 spiro atoms. The summed E-state index contributed by atoms with van der Waals surface area (Å²) in [6, 6.07) is 14.1. The molecule has 3 aromatic rings. The topological polar surface area (TPSA) is 45.4 Å². The van der Waals surface area contributed by atoms with Crippen molar-refractivity contribution in [3.63, 3.8) is 0 Å². The standard InChI is InChI=1S/C19H21ClN4OS/c1-14(18-21-22-19(25-18)15-5-3-2-4-6-15)24-11-9-23(10-12-24)13-16-7-8-17(20)26-16/h2-8,14H,9-13H2,1H3/t14-/m1/s1. The maximum Gasteiger partial charge on any atom is 0.247 e. The number of halogens is 1. The molecule has 26 heavy (non-hydrogen) atoms. The summed E-state index contributed by atoms with van der Waals surface area (Å²) in [5, 5.41) is 8.48. The molecule has 0 radical (unpaired) electrons. The highest BCUT2D eigenvalue weighted by molar-refractivity contribution is 7.16. The molecule has 4 rings (SSSR count). The number of hydrogen-bond acceptors (Lipinski definition) is 6. The van der Waals surface area contributed by atoms with Crippen molar-refractivity contribution >= 4 is 22.9 Å². The fraction of sp³-hybridized carbons (Fsp3) is 0.368. The Kier molecular flexibility index (Phi) is 5.36. The maximum absolute atomic E-state index is 6.03. The molecule has 1 aliphatic heterocycles. The van der Waals surface area contributed by atoms with Crippen LogP contribution in [0.25, 0.3) is 11.5 Å². The number of aromatic nitrogens is 2. The van der Waals surface area contributed by atoms with Gasteiger partial charge >= 0.3 is 0 Å². The Morgan fingerprint density at radius 2 is 1.85 bits per heavy atom. The third-order valence-electron chi connectivity index (χ3n) is 4.78. The number of benzene rings is 1. The van der Waals surface area contributed by atoms with E-state index in [1.807, 2.05) is 36.4 Å². The van der Waals surface area contributed by atoms with Gasteiger partial charge in [-0.25, -0.2) is 0 Å². The van der Waals surface area contributed by atoms with Gasteiger partial charge in [0.1, 0.15) is 0 Å². The molecule has 3 heterocycles. The summed E-state index contributed by atoms with van der Waals surface area (Å²) in [5.74, 6) is 1.27. The first kappa shape index (κ1) is 17.7. The van der Waals surface area contributed by atoms with Crippen LogP contribution in [0, 0.1) is 0 Å². The van der Waals surface area contributed by atoms with Crippen molar-refractivity contribution in [3.8, 4) is 11.5 Å². The summed E-state index contributed by atoms with van der Waals surface area (Å²) in [4.78, 5) is 6.19. The van der Waals surface area contributed by atoms with Crippen molar-refractivity contribution in [2.24, 2.45) is 0 Å². The Morgan fingerprint density at radius 1 is 1.08 bits per heavy atom. The Labute approximate surface area is 162 Å². The van der Waals surface area contributed by atoms with E-state index in [-0.39, 0.29) is 6.04 Å². The minimum Gasteiger partial charge on any atom is -0.419 e. The zero-order valence-corrected chi connectivity index (χ0v) is 16.2. The van der Waals surface area contributed by atoms with Gasteiger partial charge in [-0.1, -0.05) is 29.8 Å². The summed E-state index contributed by atoms with van der Waals surface area (Å²) in [7, 11) is 0. The number of hydrogen-bond donors (Lipinski definition) is 0. The summed E-state index contributed by atoms with van der Waals surface area (Å²) in [6.45, 7) is 7.14. The molecule has 1 fully saturated rings. The van der Waals surface area contributed by atoms with Crippen LogP contribution in [0.4, 0.5) is 0 Å². The lowest BCUT2D eigenvalue weighted by Gasteiger charge is -2.36. The van der Waals surface area contributed by atoms with Crippen LogP contribution in [0.3, 0.4) is 0 Å². The molecular formula is C19H21ClN4OS. The minimum absolute atomic E-state index is 0.123. The zero-order chi connectivity index (χ0) is 17.9. The SMILES string of the molecule is C[C@H](c1nnc(-c2ccccc2)o1)N1CCN(Cc2ccc(Cl)s2)CC1. The highest BCUT2D eigenvalue weighted by Gasteiger charge is 2.26. The summed E-state index contributed by atoms with van der Waals surface area (Å²) >= 11 is 7.69. The smallest absolute Gasteiger partial charge is 0.247 e. The Hall–Kier alpha value is -1.73. The van der Waals surface area contributed by atoms with E-state index < -0.39 is 0 Å². The fourth-order valence-electron chi connectivity index (χ4n) is 3.22. The van der Waals surface area contributed by atoms with E-state index in [1.54, 1.807) is 11.3 Å². The molecule has 1 aliphatic rings. The van der Waals surface area contributed by atoms with E-state index in [1.165, 1.54) is 4.88 Å². The summed E-state index contributed by atoms with van der Waals surface area (Å²) < 4.78 is 6.78. The Bertz CT molecular complexity index is 842. The fourth-order valence-corrected chi connectivity index (χ4v) is 4.35. The van der Waals surface area contributed by atoms with Crippen LogP contribution < -0.4 is 0 Å². The summed E-state index contributed by atoms with van der Waals surface area (Å²) in [6.07, 6.45) is 0. The van der Waals surface area contributed by atoms with E-state index in [0.29, 0.717) is 11.8 Å². The summed E-state index contributed by atoms with van der Waals surface area (Å²) in [5.41, 5.74) is 0.956. The van der Waals surface area contributed by atoms with Crippen molar-refractivity contribution in [1.82, 2.24) is 20.0 Å². The van der Waals surface area contributed by atoms with E-state index in [2.05, 4.69) is 33.0 Å². The molecule has 0 unspecified atom stereocenters. The molecule has 1 saturated heterocycles. The van der Waals surface area contributed by atoms with Crippen LogP contribution >= 0.6 is 22.9 Å². The second kappa shape index (κ2) is 7.88. The molecule has 2 aromatic heterocycles. The van der Waals surface area contributed by atoms with E-state index in [9.17, 15) is 0 Å². The number of thiophene rings is 1. The average molecular weight is 389 g/mol. The molecule has 0 bridgehead atoms. The minimum atomic E-state index is 0.123. The molecule has 0 N–H and O–H groups in total. The van der Waals surface area contributed by atoms with Crippen molar-refractivity contribution in [2.45, 2.75) is 19.5 Å². The molecule has 0 saturated carbocycles. The second-order valence-electron chi connectivity index (χ2n) is 6.51. The first-order valence-electron chi connectivity index (χ1n) is 8.78. The van der Waals surface area contributed by atoms with Gasteiger partial charge in [-0.05, 0) is 31.2 Å². The van der Waals surface area contributed by atoms with Gasteiger partial charge in [0, 0.05) is 43.2 Å². The van der Waals surface area contributed by atoms with Gasteiger partial charge in [-0.2, -0.15) is 0 Å². The first-order chi connectivity index (χ1) is 12.7. The quantitative estimate of drug-likeness (QED) is 0.651. The van der Waals surface area contributed by atoms with Crippen LogP contribution in [-0.4, -0.2) is 46.2 Å². The van der Waals surface area contributed by atoms with Gasteiger partial charge in [0.05, 0.1) is 10.4 Å². The van der Waals surface area contributed by atoms with Crippen LogP contribution in [0.15, 0.2) is 46.9 Å². The number of piperazine rings is 1. The van der Waals surface area contributed by atoms with Gasteiger partial charge in [0.15, 0.2) is 0 Å². The number of rotatable bonds is 5. The second-order valence-corrected chi connectivity index (χ2v) is 8.31. The zero-order valence-electron chi connectivity index (χ0n) is 14.6. The monoisotopic (exact) mass is 388 g/mol. The van der Waals surface area contributed by atoms with E-state index in [4.69, 9.17) is 16.0 Å². The number of nitrogens with zero attached hydrogens (tertiary/aromatic N) is 4. The lowest BCUT2D eigenvalue weighted by Crippen LogP contribution is -2.46. The van der Waals surface area contributed by atoms with Gasteiger partial charge in [-0.3, -0.25) is 9.80 Å². The van der Waals surface area contributed by atoms with E-state index >= 15 is 0 Å². The molecule has 5 nitrogen and oxygen atoms in total. The Balaban J connectivity index is 1.35. The van der Waals surface area contributed by atoms with Crippen LogP contribution in [0.2, 0.25) is 4.34 Å². The largest absolute Gasteiger partial charge is 0.419 e. The molecule has 1 aromatic carbocycles. The van der Waals surface area contributed by atoms with Gasteiger partial charge < -0.3 is 4.42 Å². The molecule has 1 atom stereocenters. The van der Waals surface area contributed by atoms with Crippen molar-refractivity contribution < 1.29 is 4.42 Å². The van der Waals surface area contributed by atoms with Gasteiger partial charge in [0.2, 0.25) is 11.8 Å². The van der Waals surface area contributed by atoms with Gasteiger partial charge in [0.25, 0.3) is 0 Å². The average Bonchev–Trinajstić information content (AvgIpc) is 3.32. The highest BCUT2D eigenvalue weighted by Crippen LogP contribution is 2.26. The van der Waals surface area contributed by atoms with Crippen molar-refractivity contribution in [3.05, 3.63) is 57.6 Å². The van der Waals surface area contributed by atoms with E-state index in [0.717, 1.165) is 42.6 Å².